The zero-order valence-corrected chi connectivity index (χ0v) is 20.5. The number of piperidine rings is 1. The van der Waals surface area contributed by atoms with Gasteiger partial charge in [0.15, 0.2) is 17.1 Å². The summed E-state index contributed by atoms with van der Waals surface area (Å²) in [5.41, 5.74) is 3.94. The van der Waals surface area contributed by atoms with Crippen molar-refractivity contribution in [1.29, 1.82) is 0 Å². The molecule has 1 N–H and O–H groups in total. The van der Waals surface area contributed by atoms with E-state index < -0.39 is 0 Å². The lowest BCUT2D eigenvalue weighted by Crippen LogP contribution is -2.38. The summed E-state index contributed by atoms with van der Waals surface area (Å²) in [6.45, 7) is 1.70. The first kappa shape index (κ1) is 22.9. The van der Waals surface area contributed by atoms with E-state index in [1.54, 1.807) is 19.2 Å². The number of nitrogens with zero attached hydrogens (tertiary/aromatic N) is 4. The zero-order chi connectivity index (χ0) is 25.2. The summed E-state index contributed by atoms with van der Waals surface area (Å²) in [6.07, 6.45) is 5.32. The molecule has 0 atom stereocenters. The van der Waals surface area contributed by atoms with Crippen molar-refractivity contribution in [2.75, 3.05) is 30.4 Å². The summed E-state index contributed by atoms with van der Waals surface area (Å²) in [5.74, 6) is 1.04. The van der Waals surface area contributed by atoms with Crippen molar-refractivity contribution in [3.8, 4) is 11.5 Å². The van der Waals surface area contributed by atoms with Gasteiger partial charge in [0.25, 0.3) is 6.01 Å². The number of anilines is 2. The van der Waals surface area contributed by atoms with Gasteiger partial charge in [0.1, 0.15) is 17.8 Å². The normalized spacial score (nSPS) is 14.2. The second-order valence-electron chi connectivity index (χ2n) is 9.07. The van der Waals surface area contributed by atoms with Gasteiger partial charge in [-0.15, -0.1) is 0 Å². The molecule has 5 aromatic rings. The fourth-order valence-electron chi connectivity index (χ4n) is 4.65. The fourth-order valence-corrected chi connectivity index (χ4v) is 4.65. The molecule has 0 bridgehead atoms. The summed E-state index contributed by atoms with van der Waals surface area (Å²) in [6, 6.07) is 19.6. The van der Waals surface area contributed by atoms with E-state index >= 15 is 0 Å². The molecule has 4 heterocycles. The molecule has 0 radical (unpaired) electrons. The number of para-hydroxylation sites is 2. The number of benzene rings is 2. The Kier molecular flexibility index (Phi) is 6.10. The van der Waals surface area contributed by atoms with E-state index in [-0.39, 0.29) is 18.4 Å². The van der Waals surface area contributed by atoms with E-state index in [1.807, 2.05) is 65.3 Å². The third-order valence-electron chi connectivity index (χ3n) is 6.64. The van der Waals surface area contributed by atoms with Gasteiger partial charge in [-0.2, -0.15) is 4.98 Å². The molecule has 1 aliphatic rings. The predicted octanol–water partition coefficient (Wildman–Crippen LogP) is 4.92. The van der Waals surface area contributed by atoms with Gasteiger partial charge < -0.3 is 28.5 Å². The first-order valence-corrected chi connectivity index (χ1v) is 12.3. The Bertz CT molecular complexity index is 1480. The van der Waals surface area contributed by atoms with Gasteiger partial charge in [-0.1, -0.05) is 18.2 Å². The number of nitrogens with one attached hydrogen (secondary N) is 1. The minimum atomic E-state index is -0.0925. The number of hydrogen-bond acceptors (Lipinski definition) is 7. The molecule has 0 aliphatic carbocycles. The number of methoxy groups -OCH3 is 1. The van der Waals surface area contributed by atoms with Crippen molar-refractivity contribution in [3.05, 3.63) is 78.8 Å². The Morgan fingerprint density at radius 3 is 2.70 bits per heavy atom. The van der Waals surface area contributed by atoms with E-state index in [2.05, 4.69) is 20.2 Å². The van der Waals surface area contributed by atoms with Crippen LogP contribution in [-0.4, -0.2) is 40.5 Å². The molecule has 1 amide bonds. The summed E-state index contributed by atoms with van der Waals surface area (Å²) < 4.78 is 19.3. The highest BCUT2D eigenvalue weighted by atomic mass is 16.5. The van der Waals surface area contributed by atoms with Gasteiger partial charge in [0.05, 0.1) is 12.8 Å². The molecule has 0 spiro atoms. The zero-order valence-electron chi connectivity index (χ0n) is 20.5. The molecular weight excluding hydrogens is 470 g/mol. The lowest BCUT2D eigenvalue weighted by molar-refractivity contribution is -0.120. The largest absolute Gasteiger partial charge is 0.493 e. The van der Waals surface area contributed by atoms with Crippen LogP contribution in [0.4, 0.5) is 11.7 Å². The lowest BCUT2D eigenvalue weighted by Gasteiger charge is -2.30. The standard InChI is InChI=1S/C28H27N5O4/c1-35-24-10-9-20(16-25(24)36-18-21-17-33-13-5-4-8-26(33)29-21)30-27(34)19-11-14-32(15-12-19)28-31-22-6-2-3-7-23(22)37-28/h2-10,13,16-17,19H,11-12,14-15,18H2,1H3,(H,30,34). The monoisotopic (exact) mass is 497 g/mol. The molecule has 1 saturated heterocycles. The minimum absolute atomic E-state index is 0.00585. The lowest BCUT2D eigenvalue weighted by atomic mass is 9.96. The van der Waals surface area contributed by atoms with Gasteiger partial charge in [-0.05, 0) is 49.2 Å². The molecule has 9 heteroatoms. The van der Waals surface area contributed by atoms with Gasteiger partial charge in [0.2, 0.25) is 5.91 Å². The molecule has 37 heavy (non-hydrogen) atoms. The molecule has 9 nitrogen and oxygen atoms in total. The Balaban J connectivity index is 1.08. The summed E-state index contributed by atoms with van der Waals surface area (Å²) in [4.78, 5) is 24.3. The summed E-state index contributed by atoms with van der Waals surface area (Å²) in [7, 11) is 1.59. The van der Waals surface area contributed by atoms with E-state index in [4.69, 9.17) is 13.9 Å². The maximum Gasteiger partial charge on any atom is 0.298 e. The number of imidazole rings is 1. The van der Waals surface area contributed by atoms with Crippen molar-refractivity contribution < 1.29 is 18.7 Å². The van der Waals surface area contributed by atoms with Crippen LogP contribution in [0.25, 0.3) is 16.7 Å². The van der Waals surface area contributed by atoms with Crippen LogP contribution >= 0.6 is 0 Å². The second kappa shape index (κ2) is 9.85. The van der Waals surface area contributed by atoms with Crippen LogP contribution in [0.3, 0.4) is 0 Å². The molecular formula is C28H27N5O4. The summed E-state index contributed by atoms with van der Waals surface area (Å²) in [5, 5.41) is 3.05. The van der Waals surface area contributed by atoms with Crippen molar-refractivity contribution in [3.63, 3.8) is 0 Å². The van der Waals surface area contributed by atoms with Crippen LogP contribution in [0, 0.1) is 5.92 Å². The molecule has 2 aromatic carbocycles. The predicted molar refractivity (Wildman–Crippen MR) is 140 cm³/mol. The number of fused-ring (bicyclic) bond motifs is 2. The van der Waals surface area contributed by atoms with Crippen LogP contribution in [0.5, 0.6) is 11.5 Å². The van der Waals surface area contributed by atoms with Crippen LogP contribution in [0.15, 0.2) is 77.5 Å². The van der Waals surface area contributed by atoms with E-state index in [0.29, 0.717) is 36.3 Å². The Morgan fingerprint density at radius 1 is 1.05 bits per heavy atom. The average Bonchev–Trinajstić information content (AvgIpc) is 3.56. The number of carbonyl (C=O) groups is 1. The van der Waals surface area contributed by atoms with Crippen molar-refractivity contribution in [2.24, 2.45) is 5.92 Å². The highest BCUT2D eigenvalue weighted by Gasteiger charge is 2.27. The second-order valence-corrected chi connectivity index (χ2v) is 9.07. The van der Waals surface area contributed by atoms with Crippen LogP contribution < -0.4 is 19.7 Å². The maximum atomic E-state index is 13.0. The van der Waals surface area contributed by atoms with Gasteiger partial charge in [-0.25, -0.2) is 4.98 Å². The fraction of sp³-hybridized carbons (Fsp3) is 0.250. The topological polar surface area (TPSA) is 94.1 Å². The highest BCUT2D eigenvalue weighted by molar-refractivity contribution is 5.93. The van der Waals surface area contributed by atoms with Crippen molar-refractivity contribution in [1.82, 2.24) is 14.4 Å². The quantitative estimate of drug-likeness (QED) is 0.341. The van der Waals surface area contributed by atoms with E-state index in [9.17, 15) is 4.79 Å². The van der Waals surface area contributed by atoms with Gasteiger partial charge >= 0.3 is 0 Å². The number of amides is 1. The van der Waals surface area contributed by atoms with Crippen LogP contribution in [0.1, 0.15) is 18.5 Å². The average molecular weight is 498 g/mol. The first-order chi connectivity index (χ1) is 18.2. The highest BCUT2D eigenvalue weighted by Crippen LogP contribution is 2.32. The van der Waals surface area contributed by atoms with E-state index in [1.165, 1.54) is 0 Å². The molecule has 6 rings (SSSR count). The number of carbonyl (C=O) groups excluding carboxylic acids is 1. The number of hydrogen-bond donors (Lipinski definition) is 1. The summed E-state index contributed by atoms with van der Waals surface area (Å²) >= 11 is 0. The minimum Gasteiger partial charge on any atom is -0.493 e. The van der Waals surface area contributed by atoms with E-state index in [0.717, 1.165) is 35.3 Å². The van der Waals surface area contributed by atoms with Gasteiger partial charge in [0, 0.05) is 43.2 Å². The Hall–Kier alpha value is -4.53. The SMILES string of the molecule is COc1ccc(NC(=O)C2CCN(c3nc4ccccc4o3)CC2)cc1OCc1cn2ccccc2n1. The number of aromatic nitrogens is 3. The molecule has 188 valence electrons. The van der Waals surface area contributed by atoms with Crippen LogP contribution in [0.2, 0.25) is 0 Å². The third kappa shape index (κ3) is 4.80. The molecule has 1 aliphatic heterocycles. The number of oxazole rings is 1. The Morgan fingerprint density at radius 2 is 1.89 bits per heavy atom. The Labute approximate surface area is 213 Å². The van der Waals surface area contributed by atoms with Gasteiger partial charge in [-0.3, -0.25) is 4.79 Å². The van der Waals surface area contributed by atoms with Crippen molar-refractivity contribution >= 4 is 34.4 Å². The van der Waals surface area contributed by atoms with Crippen molar-refractivity contribution in [2.45, 2.75) is 19.4 Å². The number of ether oxygens (including phenoxy) is 2. The number of pyridine rings is 1. The third-order valence-corrected chi connectivity index (χ3v) is 6.64. The molecule has 1 fully saturated rings. The molecule has 3 aromatic heterocycles. The first-order valence-electron chi connectivity index (χ1n) is 12.3. The molecule has 0 saturated carbocycles. The maximum absolute atomic E-state index is 13.0. The number of rotatable bonds is 7. The smallest absolute Gasteiger partial charge is 0.298 e. The molecule has 0 unspecified atom stereocenters. The van der Waals surface area contributed by atoms with Crippen LogP contribution in [-0.2, 0) is 11.4 Å².